The molecule has 0 saturated carbocycles. The molecule has 1 heterocycles. The van der Waals surface area contributed by atoms with E-state index in [1.54, 1.807) is 24.3 Å². The molecular weight excluding hydrogens is 402 g/mol. The second-order valence-corrected chi connectivity index (χ2v) is 7.97. The summed E-state index contributed by atoms with van der Waals surface area (Å²) in [5.74, 6) is -1.08. The first-order valence-electron chi connectivity index (χ1n) is 7.71. The fourth-order valence-corrected chi connectivity index (χ4v) is 4.49. The van der Waals surface area contributed by atoms with Crippen molar-refractivity contribution >= 4 is 38.7 Å². The van der Waals surface area contributed by atoms with E-state index in [2.05, 4.69) is 14.6 Å². The highest BCUT2D eigenvalue weighted by Gasteiger charge is 2.21. The summed E-state index contributed by atoms with van der Waals surface area (Å²) in [6.45, 7) is 7.07. The quantitative estimate of drug-likeness (QED) is 0.592. The van der Waals surface area contributed by atoms with Gasteiger partial charge in [0.15, 0.2) is 10.7 Å². The van der Waals surface area contributed by atoms with E-state index in [1.807, 2.05) is 0 Å². The fourth-order valence-electron chi connectivity index (χ4n) is 2.33. The summed E-state index contributed by atoms with van der Waals surface area (Å²) < 4.78 is 32.8. The summed E-state index contributed by atoms with van der Waals surface area (Å²) in [6.07, 6.45) is 0. The molecule has 0 fully saturated rings. The molecule has 0 aliphatic rings. The van der Waals surface area contributed by atoms with E-state index >= 15 is 0 Å². The minimum absolute atomic E-state index is 0.0320. The molecule has 2 N–H and O–H groups in total. The molecule has 10 heteroatoms. The molecule has 0 saturated heterocycles. The highest BCUT2D eigenvalue weighted by atomic mass is 32.2. The molecule has 0 radical (unpaired) electrons. The number of sulfonamides is 1. The van der Waals surface area contributed by atoms with Gasteiger partial charge in [-0.3, -0.25) is 4.72 Å². The molecule has 3 aromatic rings. The Morgan fingerprint density at radius 2 is 2.07 bits per heavy atom. The lowest BCUT2D eigenvalue weighted by atomic mass is 10.2. The van der Waals surface area contributed by atoms with Crippen LogP contribution < -0.4 is 9.46 Å². The second kappa shape index (κ2) is 7.67. The van der Waals surface area contributed by atoms with E-state index in [0.717, 1.165) is 11.3 Å². The van der Waals surface area contributed by atoms with Gasteiger partial charge in [0.2, 0.25) is 0 Å². The van der Waals surface area contributed by atoms with Crippen LogP contribution in [0, 0.1) is 6.57 Å². The topological polar surface area (TPSA) is 110 Å². The molecule has 0 bridgehead atoms. The highest BCUT2D eigenvalue weighted by Crippen LogP contribution is 2.31. The van der Waals surface area contributed by atoms with Crippen molar-refractivity contribution in [3.8, 4) is 16.3 Å². The van der Waals surface area contributed by atoms with Crippen molar-refractivity contribution in [2.45, 2.75) is 5.03 Å². The third kappa shape index (κ3) is 3.95. The van der Waals surface area contributed by atoms with Gasteiger partial charge in [0.25, 0.3) is 10.0 Å². The van der Waals surface area contributed by atoms with E-state index in [9.17, 15) is 13.2 Å². The Bertz CT molecular complexity index is 1200. The number of hydrogen-bond donors (Lipinski definition) is 2. The van der Waals surface area contributed by atoms with Gasteiger partial charge in [-0.05, 0) is 24.3 Å². The van der Waals surface area contributed by atoms with Crippen LogP contribution in [0.2, 0.25) is 0 Å². The number of hydrogen-bond acceptors (Lipinski definition) is 6. The Morgan fingerprint density at radius 1 is 1.29 bits per heavy atom. The van der Waals surface area contributed by atoms with Gasteiger partial charge in [-0.15, -0.1) is 11.3 Å². The Hall–Kier alpha value is -3.42. The average molecular weight is 415 g/mol. The predicted octanol–water partition coefficient (Wildman–Crippen LogP) is 3.87. The maximum atomic E-state index is 12.7. The zero-order valence-electron chi connectivity index (χ0n) is 14.4. The third-order valence-corrected chi connectivity index (χ3v) is 5.96. The van der Waals surface area contributed by atoms with Crippen LogP contribution in [-0.4, -0.2) is 31.6 Å². The SMILES string of the molecule is [C-]#[N+]c1cccc(-c2nc(S(=O)(=O)Nc3ccc(C(=O)O)cc3OC)cs2)c1. The Balaban J connectivity index is 1.91. The predicted molar refractivity (Wildman–Crippen MR) is 105 cm³/mol. The largest absolute Gasteiger partial charge is 0.495 e. The lowest BCUT2D eigenvalue weighted by molar-refractivity contribution is 0.0696. The van der Waals surface area contributed by atoms with Crippen molar-refractivity contribution in [1.82, 2.24) is 4.98 Å². The van der Waals surface area contributed by atoms with Crippen LogP contribution in [0.1, 0.15) is 10.4 Å². The number of aromatic nitrogens is 1. The van der Waals surface area contributed by atoms with Crippen molar-refractivity contribution in [3.05, 3.63) is 64.8 Å². The summed E-state index contributed by atoms with van der Waals surface area (Å²) in [5, 5.41) is 10.7. The number of nitrogens with zero attached hydrogens (tertiary/aromatic N) is 2. The number of benzene rings is 2. The molecule has 0 spiro atoms. The van der Waals surface area contributed by atoms with Gasteiger partial charge in [0.05, 0.1) is 24.9 Å². The van der Waals surface area contributed by atoms with Crippen LogP contribution in [-0.2, 0) is 10.0 Å². The van der Waals surface area contributed by atoms with Gasteiger partial charge in [-0.2, -0.15) is 8.42 Å². The molecule has 0 amide bonds. The highest BCUT2D eigenvalue weighted by molar-refractivity contribution is 7.92. The smallest absolute Gasteiger partial charge is 0.335 e. The molecule has 1 aromatic heterocycles. The van der Waals surface area contributed by atoms with Crippen molar-refractivity contribution in [3.63, 3.8) is 0 Å². The van der Waals surface area contributed by atoms with Gasteiger partial charge in [-0.1, -0.05) is 18.2 Å². The van der Waals surface area contributed by atoms with E-state index < -0.39 is 16.0 Å². The molecule has 0 aliphatic carbocycles. The van der Waals surface area contributed by atoms with E-state index in [1.165, 1.54) is 30.7 Å². The van der Waals surface area contributed by atoms with Gasteiger partial charge >= 0.3 is 5.97 Å². The Morgan fingerprint density at radius 3 is 2.75 bits per heavy atom. The van der Waals surface area contributed by atoms with Crippen LogP contribution in [0.25, 0.3) is 15.4 Å². The number of carbonyl (C=O) groups is 1. The lowest BCUT2D eigenvalue weighted by Gasteiger charge is -2.11. The number of carboxylic acid groups (broad SMARTS) is 1. The summed E-state index contributed by atoms with van der Waals surface area (Å²) in [5.41, 5.74) is 1.13. The number of carboxylic acids is 1. The normalized spacial score (nSPS) is 10.9. The molecule has 2 aromatic carbocycles. The summed E-state index contributed by atoms with van der Waals surface area (Å²) in [4.78, 5) is 18.6. The average Bonchev–Trinajstić information content (AvgIpc) is 3.19. The van der Waals surface area contributed by atoms with Crippen LogP contribution in [0.4, 0.5) is 11.4 Å². The first-order chi connectivity index (χ1) is 13.3. The van der Waals surface area contributed by atoms with E-state index in [-0.39, 0.29) is 22.0 Å². The van der Waals surface area contributed by atoms with Crippen molar-refractivity contribution < 1.29 is 23.1 Å². The fraction of sp³-hybridized carbons (Fsp3) is 0.0556. The number of methoxy groups -OCH3 is 1. The summed E-state index contributed by atoms with van der Waals surface area (Å²) in [6, 6.07) is 10.5. The van der Waals surface area contributed by atoms with Crippen molar-refractivity contribution in [2.75, 3.05) is 11.8 Å². The van der Waals surface area contributed by atoms with Crippen LogP contribution in [0.3, 0.4) is 0 Å². The van der Waals surface area contributed by atoms with Crippen LogP contribution in [0.5, 0.6) is 5.75 Å². The third-order valence-electron chi connectivity index (χ3n) is 3.67. The first kappa shape index (κ1) is 19.3. The molecule has 8 nitrogen and oxygen atoms in total. The summed E-state index contributed by atoms with van der Waals surface area (Å²) >= 11 is 1.13. The van der Waals surface area contributed by atoms with Crippen LogP contribution >= 0.6 is 11.3 Å². The number of nitrogens with one attached hydrogen (secondary N) is 1. The molecular formula is C18H13N3O5S2. The Kier molecular flexibility index (Phi) is 5.30. The minimum atomic E-state index is -4.02. The zero-order valence-corrected chi connectivity index (χ0v) is 16.0. The second-order valence-electron chi connectivity index (χ2n) is 5.48. The number of anilines is 1. The number of aromatic carboxylic acids is 1. The Labute approximate surface area is 164 Å². The molecule has 0 atom stereocenters. The first-order valence-corrected chi connectivity index (χ1v) is 10.1. The van der Waals surface area contributed by atoms with Gasteiger partial charge in [0, 0.05) is 10.9 Å². The monoisotopic (exact) mass is 415 g/mol. The lowest BCUT2D eigenvalue weighted by Crippen LogP contribution is -2.14. The molecule has 142 valence electrons. The zero-order chi connectivity index (χ0) is 20.3. The number of ether oxygens (including phenoxy) is 1. The maximum absolute atomic E-state index is 12.7. The molecule has 0 unspecified atom stereocenters. The molecule has 3 rings (SSSR count). The standard InChI is InChI=1S/C18H13N3O5S2/c1-19-13-5-3-4-11(8-13)17-20-16(10-27-17)28(24,25)21-14-7-6-12(18(22)23)9-15(14)26-2/h3-10,21H,2H3,(H,22,23). The number of rotatable bonds is 6. The van der Waals surface area contributed by atoms with Gasteiger partial charge in [-0.25, -0.2) is 14.6 Å². The molecule has 28 heavy (non-hydrogen) atoms. The van der Waals surface area contributed by atoms with Crippen molar-refractivity contribution in [1.29, 1.82) is 0 Å². The van der Waals surface area contributed by atoms with E-state index in [0.29, 0.717) is 16.3 Å². The maximum Gasteiger partial charge on any atom is 0.335 e. The summed E-state index contributed by atoms with van der Waals surface area (Å²) in [7, 11) is -2.71. The number of thiazole rings is 1. The molecule has 0 aliphatic heterocycles. The van der Waals surface area contributed by atoms with Crippen molar-refractivity contribution in [2.24, 2.45) is 0 Å². The minimum Gasteiger partial charge on any atom is -0.495 e. The van der Waals surface area contributed by atoms with E-state index in [4.69, 9.17) is 16.4 Å². The van der Waals surface area contributed by atoms with Gasteiger partial charge < -0.3 is 9.84 Å². The van der Waals surface area contributed by atoms with Gasteiger partial charge in [0.1, 0.15) is 10.8 Å². The van der Waals surface area contributed by atoms with Crippen LogP contribution in [0.15, 0.2) is 52.9 Å².